The summed E-state index contributed by atoms with van der Waals surface area (Å²) in [5.74, 6) is -1.45. The molecule has 0 spiro atoms. The first-order chi connectivity index (χ1) is 9.82. The van der Waals surface area contributed by atoms with Gasteiger partial charge in [0, 0.05) is 12.1 Å². The summed E-state index contributed by atoms with van der Waals surface area (Å²) in [6.45, 7) is 3.63. The number of aliphatic carboxylic acids is 1. The van der Waals surface area contributed by atoms with Gasteiger partial charge in [0.2, 0.25) is 10.0 Å². The van der Waals surface area contributed by atoms with Crippen LogP contribution in [0.1, 0.15) is 30.4 Å². The van der Waals surface area contributed by atoms with Crippen LogP contribution in [-0.2, 0) is 14.8 Å². The first kappa shape index (κ1) is 14.5. The van der Waals surface area contributed by atoms with Gasteiger partial charge in [0.15, 0.2) is 0 Å². The van der Waals surface area contributed by atoms with Gasteiger partial charge < -0.3 is 5.11 Å². The van der Waals surface area contributed by atoms with Crippen molar-refractivity contribution in [3.05, 3.63) is 29.3 Å². The van der Waals surface area contributed by atoms with E-state index in [9.17, 15) is 18.3 Å². The van der Waals surface area contributed by atoms with Crippen molar-refractivity contribution < 1.29 is 18.3 Å². The van der Waals surface area contributed by atoms with Crippen molar-refractivity contribution in [2.75, 3.05) is 0 Å². The van der Waals surface area contributed by atoms with Gasteiger partial charge >= 0.3 is 5.97 Å². The molecule has 0 saturated carbocycles. The molecule has 2 saturated heterocycles. The topological polar surface area (TPSA) is 74.7 Å². The number of rotatable bonds is 3. The fraction of sp³-hybridized carbons (Fsp3) is 0.533. The minimum absolute atomic E-state index is 0.166. The third kappa shape index (κ3) is 2.17. The molecule has 2 fully saturated rings. The van der Waals surface area contributed by atoms with E-state index < -0.39 is 28.0 Å². The number of fused-ring (bicyclic) bond motifs is 2. The van der Waals surface area contributed by atoms with Gasteiger partial charge in [-0.05, 0) is 50.3 Å². The average molecular weight is 309 g/mol. The molecule has 1 N–H and O–H groups in total. The number of benzene rings is 1. The van der Waals surface area contributed by atoms with Gasteiger partial charge in [0.25, 0.3) is 0 Å². The summed E-state index contributed by atoms with van der Waals surface area (Å²) in [6, 6.07) is 4.80. The highest BCUT2D eigenvalue weighted by Gasteiger charge is 2.54. The second-order valence-corrected chi connectivity index (χ2v) is 7.89. The SMILES string of the molecule is Cc1ccc(C)c(S(=O)(=O)N2C3CCC2C(C(=O)O)C3)c1. The Labute approximate surface area is 124 Å². The number of nitrogens with zero attached hydrogens (tertiary/aromatic N) is 1. The van der Waals surface area contributed by atoms with Crippen LogP contribution in [-0.4, -0.2) is 35.9 Å². The molecule has 5 nitrogen and oxygen atoms in total. The predicted molar refractivity (Wildman–Crippen MR) is 77.5 cm³/mol. The van der Waals surface area contributed by atoms with Crippen LogP contribution in [0.2, 0.25) is 0 Å². The monoisotopic (exact) mass is 309 g/mol. The molecular weight excluding hydrogens is 290 g/mol. The number of aryl methyl sites for hydroxylation is 2. The lowest BCUT2D eigenvalue weighted by Gasteiger charge is -2.23. The van der Waals surface area contributed by atoms with Crippen LogP contribution in [0.5, 0.6) is 0 Å². The summed E-state index contributed by atoms with van der Waals surface area (Å²) in [7, 11) is -3.62. The van der Waals surface area contributed by atoms with Gasteiger partial charge in [0.05, 0.1) is 10.8 Å². The van der Waals surface area contributed by atoms with Crippen LogP contribution >= 0.6 is 0 Å². The van der Waals surface area contributed by atoms with E-state index in [0.717, 1.165) is 12.0 Å². The van der Waals surface area contributed by atoms with E-state index in [4.69, 9.17) is 0 Å². The summed E-state index contributed by atoms with van der Waals surface area (Å²) in [6.07, 6.45) is 1.84. The Morgan fingerprint density at radius 3 is 2.62 bits per heavy atom. The quantitative estimate of drug-likeness (QED) is 0.926. The summed E-state index contributed by atoms with van der Waals surface area (Å²) in [4.78, 5) is 11.6. The van der Waals surface area contributed by atoms with Crippen LogP contribution in [0.25, 0.3) is 0 Å². The lowest BCUT2D eigenvalue weighted by atomic mass is 9.89. The molecule has 6 heteroatoms. The molecule has 3 rings (SSSR count). The number of carbonyl (C=O) groups is 1. The van der Waals surface area contributed by atoms with E-state index in [0.29, 0.717) is 23.3 Å². The molecule has 0 radical (unpaired) electrons. The van der Waals surface area contributed by atoms with E-state index in [1.54, 1.807) is 19.1 Å². The number of hydrogen-bond acceptors (Lipinski definition) is 3. The van der Waals surface area contributed by atoms with Crippen LogP contribution in [0.4, 0.5) is 0 Å². The van der Waals surface area contributed by atoms with E-state index in [1.807, 2.05) is 13.0 Å². The molecule has 114 valence electrons. The van der Waals surface area contributed by atoms with Crippen LogP contribution in [0.15, 0.2) is 23.1 Å². The molecule has 2 bridgehead atoms. The highest BCUT2D eigenvalue weighted by Crippen LogP contribution is 2.45. The lowest BCUT2D eigenvalue weighted by Crippen LogP contribution is -2.38. The maximum atomic E-state index is 13.0. The third-order valence-electron chi connectivity index (χ3n) is 4.69. The molecule has 3 atom stereocenters. The summed E-state index contributed by atoms with van der Waals surface area (Å²) < 4.78 is 27.4. The fourth-order valence-corrected chi connectivity index (χ4v) is 5.91. The van der Waals surface area contributed by atoms with Gasteiger partial charge in [-0.2, -0.15) is 4.31 Å². The molecule has 1 aromatic carbocycles. The Morgan fingerprint density at radius 1 is 1.29 bits per heavy atom. The highest BCUT2D eigenvalue weighted by molar-refractivity contribution is 7.89. The number of carboxylic acid groups (broad SMARTS) is 1. The molecule has 2 heterocycles. The fourth-order valence-electron chi connectivity index (χ4n) is 3.68. The van der Waals surface area contributed by atoms with Crippen molar-refractivity contribution in [3.8, 4) is 0 Å². The van der Waals surface area contributed by atoms with Crippen LogP contribution in [0, 0.1) is 19.8 Å². The van der Waals surface area contributed by atoms with Crippen molar-refractivity contribution in [3.63, 3.8) is 0 Å². The Balaban J connectivity index is 2.04. The number of hydrogen-bond donors (Lipinski definition) is 1. The lowest BCUT2D eigenvalue weighted by molar-refractivity contribution is -0.142. The Bertz CT molecular complexity index is 698. The standard InChI is InChI=1S/C15H19NO4S/c1-9-3-4-10(2)14(7-9)21(19,20)16-11-5-6-13(16)12(8-11)15(17)18/h3-4,7,11-13H,5-6,8H2,1-2H3,(H,17,18). The zero-order valence-electron chi connectivity index (χ0n) is 12.1. The smallest absolute Gasteiger partial charge is 0.308 e. The van der Waals surface area contributed by atoms with Crippen molar-refractivity contribution in [2.45, 2.75) is 50.1 Å². The molecule has 1 aromatic rings. The summed E-state index contributed by atoms with van der Waals surface area (Å²) >= 11 is 0. The number of carboxylic acids is 1. The third-order valence-corrected chi connectivity index (χ3v) is 6.81. The van der Waals surface area contributed by atoms with E-state index >= 15 is 0 Å². The largest absolute Gasteiger partial charge is 0.481 e. The molecule has 2 aliphatic heterocycles. The number of sulfonamides is 1. The highest BCUT2D eigenvalue weighted by atomic mass is 32.2. The molecule has 2 aliphatic rings. The Hall–Kier alpha value is -1.40. The molecule has 0 aliphatic carbocycles. The van der Waals surface area contributed by atoms with E-state index in [1.165, 1.54) is 4.31 Å². The minimum atomic E-state index is -3.62. The first-order valence-electron chi connectivity index (χ1n) is 7.16. The summed E-state index contributed by atoms with van der Waals surface area (Å²) in [5, 5.41) is 9.27. The van der Waals surface area contributed by atoms with Gasteiger partial charge in [-0.1, -0.05) is 12.1 Å². The predicted octanol–water partition coefficient (Wildman–Crippen LogP) is 1.93. The second-order valence-electron chi connectivity index (χ2n) is 6.08. The van der Waals surface area contributed by atoms with Crippen LogP contribution in [0.3, 0.4) is 0 Å². The molecule has 0 aromatic heterocycles. The Kier molecular flexibility index (Phi) is 3.33. The maximum Gasteiger partial charge on any atom is 0.308 e. The first-order valence-corrected chi connectivity index (χ1v) is 8.60. The van der Waals surface area contributed by atoms with E-state index in [-0.39, 0.29) is 6.04 Å². The van der Waals surface area contributed by atoms with Crippen molar-refractivity contribution in [1.29, 1.82) is 0 Å². The second kappa shape index (κ2) is 4.81. The Morgan fingerprint density at radius 2 is 2.00 bits per heavy atom. The van der Waals surface area contributed by atoms with Gasteiger partial charge in [-0.3, -0.25) is 4.79 Å². The average Bonchev–Trinajstić information content (AvgIpc) is 2.99. The van der Waals surface area contributed by atoms with Gasteiger partial charge in [-0.15, -0.1) is 0 Å². The molecule has 0 amide bonds. The van der Waals surface area contributed by atoms with Crippen molar-refractivity contribution >= 4 is 16.0 Å². The van der Waals surface area contributed by atoms with Gasteiger partial charge in [-0.25, -0.2) is 8.42 Å². The molecule has 3 unspecified atom stereocenters. The van der Waals surface area contributed by atoms with Crippen molar-refractivity contribution in [2.24, 2.45) is 5.92 Å². The minimum Gasteiger partial charge on any atom is -0.481 e. The van der Waals surface area contributed by atoms with E-state index in [2.05, 4.69) is 0 Å². The van der Waals surface area contributed by atoms with Crippen LogP contribution < -0.4 is 0 Å². The van der Waals surface area contributed by atoms with Crippen molar-refractivity contribution in [1.82, 2.24) is 4.31 Å². The molecule has 21 heavy (non-hydrogen) atoms. The van der Waals surface area contributed by atoms with Gasteiger partial charge in [0.1, 0.15) is 0 Å². The zero-order chi connectivity index (χ0) is 15.4. The summed E-state index contributed by atoms with van der Waals surface area (Å²) in [5.41, 5.74) is 1.60. The molecular formula is C15H19NO4S. The normalized spacial score (nSPS) is 29.0. The zero-order valence-corrected chi connectivity index (χ0v) is 12.9. The maximum absolute atomic E-state index is 13.0.